The SMILES string of the molecule is CC(=O)Nc1ccc(Cc2ccc(C#C[Si](C)(C)C)cc2)cc1. The van der Waals surface area contributed by atoms with Crippen molar-refractivity contribution in [3.63, 3.8) is 0 Å². The lowest BCUT2D eigenvalue weighted by Gasteiger charge is -2.06. The molecule has 0 unspecified atom stereocenters. The van der Waals surface area contributed by atoms with Crippen molar-refractivity contribution in [2.24, 2.45) is 0 Å². The van der Waals surface area contributed by atoms with Crippen molar-refractivity contribution in [3.05, 3.63) is 65.2 Å². The summed E-state index contributed by atoms with van der Waals surface area (Å²) in [6.45, 7) is 8.26. The summed E-state index contributed by atoms with van der Waals surface area (Å²) >= 11 is 0. The summed E-state index contributed by atoms with van der Waals surface area (Å²) in [6.07, 6.45) is 0.877. The Morgan fingerprint density at radius 2 is 1.48 bits per heavy atom. The largest absolute Gasteiger partial charge is 0.326 e. The molecule has 0 aliphatic rings. The van der Waals surface area contributed by atoms with Gasteiger partial charge in [0.1, 0.15) is 8.07 Å². The first-order chi connectivity index (χ1) is 10.8. The number of anilines is 1. The van der Waals surface area contributed by atoms with Gasteiger partial charge in [0.15, 0.2) is 0 Å². The van der Waals surface area contributed by atoms with Crippen LogP contribution < -0.4 is 5.32 Å². The van der Waals surface area contributed by atoms with E-state index in [1.807, 2.05) is 24.3 Å². The quantitative estimate of drug-likeness (QED) is 0.656. The van der Waals surface area contributed by atoms with E-state index >= 15 is 0 Å². The molecule has 0 saturated heterocycles. The van der Waals surface area contributed by atoms with Crippen molar-refractivity contribution in [2.75, 3.05) is 5.32 Å². The van der Waals surface area contributed by atoms with Gasteiger partial charge in [0.2, 0.25) is 5.91 Å². The van der Waals surface area contributed by atoms with Gasteiger partial charge < -0.3 is 5.32 Å². The van der Waals surface area contributed by atoms with Crippen LogP contribution in [0.3, 0.4) is 0 Å². The number of amides is 1. The predicted molar refractivity (Wildman–Crippen MR) is 100 cm³/mol. The number of carbonyl (C=O) groups is 1. The molecule has 0 saturated carbocycles. The van der Waals surface area contributed by atoms with E-state index in [4.69, 9.17) is 0 Å². The summed E-state index contributed by atoms with van der Waals surface area (Å²) in [5.41, 5.74) is 7.78. The first-order valence-corrected chi connectivity index (χ1v) is 11.3. The highest BCUT2D eigenvalue weighted by molar-refractivity contribution is 6.83. The zero-order valence-electron chi connectivity index (χ0n) is 14.2. The second kappa shape index (κ2) is 7.30. The maximum absolute atomic E-state index is 11.0. The van der Waals surface area contributed by atoms with Crippen molar-refractivity contribution in [1.29, 1.82) is 0 Å². The van der Waals surface area contributed by atoms with Crippen LogP contribution in [0.5, 0.6) is 0 Å². The van der Waals surface area contributed by atoms with Crippen LogP contribution in [0.4, 0.5) is 5.69 Å². The Kier molecular flexibility index (Phi) is 5.41. The van der Waals surface area contributed by atoms with E-state index in [-0.39, 0.29) is 5.91 Å². The molecule has 0 aliphatic carbocycles. The Bertz CT molecular complexity index is 728. The van der Waals surface area contributed by atoms with Crippen LogP contribution in [0.25, 0.3) is 0 Å². The molecule has 23 heavy (non-hydrogen) atoms. The molecule has 2 aromatic rings. The highest BCUT2D eigenvalue weighted by atomic mass is 28.3. The standard InChI is InChI=1S/C20H23NOSi/c1-16(22)21-20-11-9-19(10-12-20)15-18-7-5-17(6-8-18)13-14-23(2,3)4/h5-12H,15H2,1-4H3,(H,21,22). The molecule has 1 N–H and O–H groups in total. The minimum Gasteiger partial charge on any atom is -0.326 e. The van der Waals surface area contributed by atoms with Crippen LogP contribution in [0.1, 0.15) is 23.6 Å². The fraction of sp³-hybridized carbons (Fsp3) is 0.250. The Labute approximate surface area is 139 Å². The maximum Gasteiger partial charge on any atom is 0.221 e. The molecule has 118 valence electrons. The lowest BCUT2D eigenvalue weighted by molar-refractivity contribution is -0.114. The lowest BCUT2D eigenvalue weighted by atomic mass is 10.0. The molecule has 2 rings (SSSR count). The molecule has 0 radical (unpaired) electrons. The molecule has 2 nitrogen and oxygen atoms in total. The topological polar surface area (TPSA) is 29.1 Å². The molecule has 0 fully saturated rings. The third-order valence-corrected chi connectivity index (χ3v) is 4.09. The summed E-state index contributed by atoms with van der Waals surface area (Å²) in [4.78, 5) is 11.0. The maximum atomic E-state index is 11.0. The number of benzene rings is 2. The summed E-state index contributed by atoms with van der Waals surface area (Å²) in [6, 6.07) is 16.4. The molecule has 0 heterocycles. The smallest absolute Gasteiger partial charge is 0.221 e. The van der Waals surface area contributed by atoms with E-state index in [2.05, 4.69) is 60.7 Å². The van der Waals surface area contributed by atoms with Gasteiger partial charge in [0.25, 0.3) is 0 Å². The van der Waals surface area contributed by atoms with Gasteiger partial charge in [-0.05, 0) is 41.8 Å². The van der Waals surface area contributed by atoms with E-state index in [0.717, 1.165) is 17.7 Å². The summed E-state index contributed by atoms with van der Waals surface area (Å²) in [5, 5.41) is 2.78. The van der Waals surface area contributed by atoms with Gasteiger partial charge in [0, 0.05) is 18.2 Å². The normalized spacial score (nSPS) is 10.6. The van der Waals surface area contributed by atoms with Gasteiger partial charge in [0.05, 0.1) is 0 Å². The monoisotopic (exact) mass is 321 g/mol. The molecule has 2 aromatic carbocycles. The molecular weight excluding hydrogens is 298 g/mol. The first kappa shape index (κ1) is 17.0. The molecule has 0 bridgehead atoms. The molecular formula is C20H23NOSi. The molecule has 1 amide bonds. The fourth-order valence-corrected chi connectivity index (χ4v) is 2.63. The van der Waals surface area contributed by atoms with Gasteiger partial charge in [-0.2, -0.15) is 0 Å². The number of carbonyl (C=O) groups excluding carboxylic acids is 1. The third-order valence-electron chi connectivity index (χ3n) is 3.22. The van der Waals surface area contributed by atoms with Crippen LogP contribution in [0.15, 0.2) is 48.5 Å². The zero-order chi connectivity index (χ0) is 16.9. The van der Waals surface area contributed by atoms with Gasteiger partial charge in [-0.25, -0.2) is 0 Å². The number of hydrogen-bond acceptors (Lipinski definition) is 1. The fourth-order valence-electron chi connectivity index (χ4n) is 2.11. The summed E-state index contributed by atoms with van der Waals surface area (Å²) in [5.74, 6) is 3.22. The van der Waals surface area contributed by atoms with Crippen LogP contribution in [0, 0.1) is 11.5 Å². The zero-order valence-corrected chi connectivity index (χ0v) is 15.2. The molecule has 0 spiro atoms. The average Bonchev–Trinajstić information content (AvgIpc) is 2.47. The number of nitrogens with one attached hydrogen (secondary N) is 1. The number of rotatable bonds is 3. The molecule has 0 atom stereocenters. The minimum atomic E-state index is -1.32. The van der Waals surface area contributed by atoms with Crippen molar-refractivity contribution in [2.45, 2.75) is 33.0 Å². The highest BCUT2D eigenvalue weighted by Gasteiger charge is 2.07. The Hall–Kier alpha value is -2.31. The predicted octanol–water partition coefficient (Wildman–Crippen LogP) is 4.46. The van der Waals surface area contributed by atoms with Crippen LogP contribution in [-0.2, 0) is 11.2 Å². The van der Waals surface area contributed by atoms with Crippen LogP contribution in [-0.4, -0.2) is 14.0 Å². The van der Waals surface area contributed by atoms with Gasteiger partial charge in [-0.1, -0.05) is 49.8 Å². The van der Waals surface area contributed by atoms with Crippen LogP contribution >= 0.6 is 0 Å². The number of hydrogen-bond donors (Lipinski definition) is 1. The highest BCUT2D eigenvalue weighted by Crippen LogP contribution is 2.14. The summed E-state index contributed by atoms with van der Waals surface area (Å²) < 4.78 is 0. The van der Waals surface area contributed by atoms with Gasteiger partial charge >= 0.3 is 0 Å². The minimum absolute atomic E-state index is 0.0484. The second-order valence-electron chi connectivity index (χ2n) is 6.75. The van der Waals surface area contributed by atoms with Gasteiger partial charge in [-0.3, -0.25) is 4.79 Å². The Balaban J connectivity index is 2.03. The van der Waals surface area contributed by atoms with Crippen LogP contribution in [0.2, 0.25) is 19.6 Å². The van der Waals surface area contributed by atoms with E-state index in [0.29, 0.717) is 0 Å². The Morgan fingerprint density at radius 1 is 0.957 bits per heavy atom. The molecule has 0 aliphatic heterocycles. The van der Waals surface area contributed by atoms with Gasteiger partial charge in [-0.15, -0.1) is 5.54 Å². The van der Waals surface area contributed by atoms with Crippen molar-refractivity contribution in [1.82, 2.24) is 0 Å². The van der Waals surface area contributed by atoms with Crippen molar-refractivity contribution in [3.8, 4) is 11.5 Å². The van der Waals surface area contributed by atoms with Crippen molar-refractivity contribution >= 4 is 19.7 Å². The van der Waals surface area contributed by atoms with Crippen molar-refractivity contribution < 1.29 is 4.79 Å². The Morgan fingerprint density at radius 3 is 1.96 bits per heavy atom. The van der Waals surface area contributed by atoms with E-state index < -0.39 is 8.07 Å². The third kappa shape index (κ3) is 6.13. The van der Waals surface area contributed by atoms with E-state index in [1.54, 1.807) is 0 Å². The average molecular weight is 321 g/mol. The lowest BCUT2D eigenvalue weighted by Crippen LogP contribution is -2.16. The first-order valence-electron chi connectivity index (χ1n) is 7.80. The molecule has 0 aromatic heterocycles. The second-order valence-corrected chi connectivity index (χ2v) is 11.5. The summed E-state index contributed by atoms with van der Waals surface area (Å²) in [7, 11) is -1.32. The van der Waals surface area contributed by atoms with E-state index in [9.17, 15) is 4.79 Å². The van der Waals surface area contributed by atoms with E-state index in [1.165, 1.54) is 18.1 Å². The molecule has 3 heteroatoms.